The van der Waals surface area contributed by atoms with E-state index >= 15 is 0 Å². The zero-order valence-corrected chi connectivity index (χ0v) is 10.6. The molecule has 1 unspecified atom stereocenters. The SMILES string of the molecule is Clc1csc(NC2CCOc3ccccc32)n1. The Morgan fingerprint density at radius 2 is 2.29 bits per heavy atom. The first-order valence-corrected chi connectivity index (χ1v) is 6.68. The summed E-state index contributed by atoms with van der Waals surface area (Å²) in [7, 11) is 0. The monoisotopic (exact) mass is 266 g/mol. The molecule has 0 bridgehead atoms. The molecule has 3 rings (SSSR count). The molecule has 88 valence electrons. The summed E-state index contributed by atoms with van der Waals surface area (Å²) in [5.41, 5.74) is 1.19. The number of rotatable bonds is 2. The molecule has 0 fully saturated rings. The Morgan fingerprint density at radius 3 is 3.12 bits per heavy atom. The van der Waals surface area contributed by atoms with Crippen molar-refractivity contribution >= 4 is 28.1 Å². The van der Waals surface area contributed by atoms with Crippen molar-refractivity contribution in [3.8, 4) is 5.75 Å². The van der Waals surface area contributed by atoms with Crippen LogP contribution in [0.1, 0.15) is 18.0 Å². The number of aromatic nitrogens is 1. The van der Waals surface area contributed by atoms with Gasteiger partial charge in [0.25, 0.3) is 0 Å². The van der Waals surface area contributed by atoms with E-state index in [0.29, 0.717) is 5.15 Å². The standard InChI is InChI=1S/C12H11ClN2OS/c13-11-7-17-12(15-11)14-9-5-6-16-10-4-2-1-3-8(9)10/h1-4,7,9H,5-6H2,(H,14,15). The van der Waals surface area contributed by atoms with Crippen LogP contribution in [0.5, 0.6) is 5.75 Å². The van der Waals surface area contributed by atoms with Crippen molar-refractivity contribution in [1.29, 1.82) is 0 Å². The molecule has 0 spiro atoms. The maximum Gasteiger partial charge on any atom is 0.184 e. The minimum atomic E-state index is 0.252. The van der Waals surface area contributed by atoms with E-state index in [4.69, 9.17) is 16.3 Å². The van der Waals surface area contributed by atoms with Crippen LogP contribution in [0, 0.1) is 0 Å². The fourth-order valence-corrected chi connectivity index (χ4v) is 2.85. The van der Waals surface area contributed by atoms with E-state index in [1.807, 2.05) is 23.6 Å². The molecule has 2 heterocycles. The van der Waals surface area contributed by atoms with Gasteiger partial charge in [0.1, 0.15) is 10.9 Å². The van der Waals surface area contributed by atoms with Crippen molar-refractivity contribution in [3.05, 3.63) is 40.4 Å². The highest BCUT2D eigenvalue weighted by atomic mass is 35.5. The van der Waals surface area contributed by atoms with Gasteiger partial charge >= 0.3 is 0 Å². The van der Waals surface area contributed by atoms with Crippen LogP contribution in [0.3, 0.4) is 0 Å². The van der Waals surface area contributed by atoms with Gasteiger partial charge in [0.2, 0.25) is 0 Å². The van der Waals surface area contributed by atoms with Gasteiger partial charge in [-0.25, -0.2) is 4.98 Å². The van der Waals surface area contributed by atoms with Gasteiger partial charge in [-0.2, -0.15) is 0 Å². The summed E-state index contributed by atoms with van der Waals surface area (Å²) in [6.45, 7) is 0.730. The van der Waals surface area contributed by atoms with Gasteiger partial charge in [-0.1, -0.05) is 29.8 Å². The number of anilines is 1. The Labute approximate surface area is 108 Å². The quantitative estimate of drug-likeness (QED) is 0.899. The van der Waals surface area contributed by atoms with E-state index in [1.165, 1.54) is 16.9 Å². The van der Waals surface area contributed by atoms with Crippen molar-refractivity contribution < 1.29 is 4.74 Å². The maximum absolute atomic E-state index is 5.81. The fourth-order valence-electron chi connectivity index (χ4n) is 1.96. The Balaban J connectivity index is 1.85. The summed E-state index contributed by atoms with van der Waals surface area (Å²) in [5, 5.41) is 6.63. The minimum absolute atomic E-state index is 0.252. The summed E-state index contributed by atoms with van der Waals surface area (Å²) >= 11 is 7.34. The third-order valence-electron chi connectivity index (χ3n) is 2.73. The van der Waals surface area contributed by atoms with Gasteiger partial charge < -0.3 is 10.1 Å². The number of halogens is 1. The third kappa shape index (κ3) is 2.23. The van der Waals surface area contributed by atoms with Crippen LogP contribution in [0.25, 0.3) is 0 Å². The van der Waals surface area contributed by atoms with Crippen LogP contribution in [-0.4, -0.2) is 11.6 Å². The predicted molar refractivity (Wildman–Crippen MR) is 70.0 cm³/mol. The molecule has 3 nitrogen and oxygen atoms in total. The number of nitrogens with one attached hydrogen (secondary N) is 1. The summed E-state index contributed by atoms with van der Waals surface area (Å²) in [5.74, 6) is 0.957. The second kappa shape index (κ2) is 4.55. The lowest BCUT2D eigenvalue weighted by molar-refractivity contribution is 0.274. The summed E-state index contributed by atoms with van der Waals surface area (Å²) in [6, 6.07) is 8.35. The zero-order valence-electron chi connectivity index (χ0n) is 9.02. The van der Waals surface area contributed by atoms with Crippen LogP contribution >= 0.6 is 22.9 Å². The molecule has 1 aliphatic heterocycles. The van der Waals surface area contributed by atoms with Gasteiger partial charge in [-0.05, 0) is 6.07 Å². The predicted octanol–water partition coefficient (Wildman–Crippen LogP) is 3.73. The maximum atomic E-state index is 5.81. The third-order valence-corrected chi connectivity index (χ3v) is 3.83. The summed E-state index contributed by atoms with van der Waals surface area (Å²) in [6.07, 6.45) is 0.939. The molecular formula is C12H11ClN2OS. The van der Waals surface area contributed by atoms with E-state index in [1.54, 1.807) is 0 Å². The van der Waals surface area contributed by atoms with Crippen LogP contribution in [0.4, 0.5) is 5.13 Å². The van der Waals surface area contributed by atoms with E-state index in [-0.39, 0.29) is 6.04 Å². The van der Waals surface area contributed by atoms with Crippen LogP contribution in [0.2, 0.25) is 5.15 Å². The van der Waals surface area contributed by atoms with Gasteiger partial charge in [0, 0.05) is 17.4 Å². The van der Waals surface area contributed by atoms with Crippen molar-refractivity contribution in [2.45, 2.75) is 12.5 Å². The van der Waals surface area contributed by atoms with Gasteiger partial charge in [0.05, 0.1) is 12.6 Å². The van der Waals surface area contributed by atoms with E-state index in [0.717, 1.165) is 23.9 Å². The first kappa shape index (κ1) is 10.9. The van der Waals surface area contributed by atoms with E-state index in [2.05, 4.69) is 16.4 Å². The average Bonchev–Trinajstić information content (AvgIpc) is 2.75. The Kier molecular flexibility index (Phi) is 2.91. The highest BCUT2D eigenvalue weighted by Gasteiger charge is 2.21. The molecule has 1 aromatic carbocycles. The number of hydrogen-bond donors (Lipinski definition) is 1. The summed E-state index contributed by atoms with van der Waals surface area (Å²) in [4.78, 5) is 4.21. The molecule has 0 amide bonds. The highest BCUT2D eigenvalue weighted by Crippen LogP contribution is 2.34. The van der Waals surface area contributed by atoms with Crippen LogP contribution < -0.4 is 10.1 Å². The number of para-hydroxylation sites is 1. The second-order valence-electron chi connectivity index (χ2n) is 3.85. The number of thiazole rings is 1. The number of hydrogen-bond acceptors (Lipinski definition) is 4. The zero-order chi connectivity index (χ0) is 11.7. The van der Waals surface area contributed by atoms with Gasteiger partial charge in [0.15, 0.2) is 5.13 Å². The molecule has 1 aliphatic rings. The number of benzene rings is 1. The molecule has 17 heavy (non-hydrogen) atoms. The lowest BCUT2D eigenvalue weighted by Crippen LogP contribution is -2.20. The first-order chi connectivity index (χ1) is 8.33. The number of fused-ring (bicyclic) bond motifs is 1. The van der Waals surface area contributed by atoms with Crippen molar-refractivity contribution in [3.63, 3.8) is 0 Å². The Hall–Kier alpha value is -1.26. The lowest BCUT2D eigenvalue weighted by Gasteiger charge is -2.26. The van der Waals surface area contributed by atoms with Crippen molar-refractivity contribution in [2.75, 3.05) is 11.9 Å². The first-order valence-electron chi connectivity index (χ1n) is 5.42. The van der Waals surface area contributed by atoms with Crippen LogP contribution in [0.15, 0.2) is 29.6 Å². The smallest absolute Gasteiger partial charge is 0.184 e. The fraction of sp³-hybridized carbons (Fsp3) is 0.250. The molecule has 0 saturated carbocycles. The molecule has 0 aliphatic carbocycles. The molecule has 0 radical (unpaired) electrons. The molecule has 1 N–H and O–H groups in total. The molecule has 0 saturated heterocycles. The molecule has 2 aromatic rings. The Morgan fingerprint density at radius 1 is 1.41 bits per heavy atom. The minimum Gasteiger partial charge on any atom is -0.493 e. The molecule has 1 atom stereocenters. The normalized spacial score (nSPS) is 18.3. The number of ether oxygens (including phenoxy) is 1. The van der Waals surface area contributed by atoms with Crippen molar-refractivity contribution in [1.82, 2.24) is 4.98 Å². The molecule has 5 heteroatoms. The molecular weight excluding hydrogens is 256 g/mol. The Bertz CT molecular complexity index is 529. The highest BCUT2D eigenvalue weighted by molar-refractivity contribution is 7.14. The molecule has 1 aromatic heterocycles. The second-order valence-corrected chi connectivity index (χ2v) is 5.09. The van der Waals surface area contributed by atoms with Gasteiger partial charge in [-0.3, -0.25) is 0 Å². The topological polar surface area (TPSA) is 34.1 Å². The number of nitrogens with zero attached hydrogens (tertiary/aromatic N) is 1. The van der Waals surface area contributed by atoms with E-state index < -0.39 is 0 Å². The van der Waals surface area contributed by atoms with Crippen LogP contribution in [-0.2, 0) is 0 Å². The lowest BCUT2D eigenvalue weighted by atomic mass is 10.0. The van der Waals surface area contributed by atoms with Gasteiger partial charge in [-0.15, -0.1) is 11.3 Å². The van der Waals surface area contributed by atoms with E-state index in [9.17, 15) is 0 Å². The summed E-state index contributed by atoms with van der Waals surface area (Å²) < 4.78 is 5.61. The van der Waals surface area contributed by atoms with Crippen molar-refractivity contribution in [2.24, 2.45) is 0 Å². The average molecular weight is 267 g/mol. The largest absolute Gasteiger partial charge is 0.493 e.